The average Bonchev–Trinajstić information content (AvgIpc) is 2.82. The monoisotopic (exact) mass is 284 g/mol. The molecule has 2 unspecified atom stereocenters. The first-order valence-electron chi connectivity index (χ1n) is 7.79. The number of nitrogens with one attached hydrogen (secondary N) is 1. The van der Waals surface area contributed by atoms with E-state index in [0.717, 1.165) is 32.1 Å². The number of likely N-dealkylation sites (tertiary alicyclic amines) is 1. The number of aliphatic carboxylic acids is 1. The zero-order chi connectivity index (χ0) is 15.2. The summed E-state index contributed by atoms with van der Waals surface area (Å²) in [5.74, 6) is -0.867. The Labute approximate surface area is 121 Å². The lowest BCUT2D eigenvalue weighted by Gasteiger charge is -2.35. The standard InChI is InChI=1S/C15H28N2O3/c1-4-6-8-12(3)16-14(20)17-11-7-10-15(17,9-5-2)13(18)19/h12H,4-11H2,1-3H3,(H,16,20)(H,18,19). The van der Waals surface area contributed by atoms with Gasteiger partial charge in [-0.15, -0.1) is 0 Å². The molecule has 2 N–H and O–H groups in total. The molecule has 0 aromatic rings. The number of hydrogen-bond donors (Lipinski definition) is 2. The molecule has 1 fully saturated rings. The van der Waals surface area contributed by atoms with Gasteiger partial charge in [-0.1, -0.05) is 33.1 Å². The number of carboxylic acid groups (broad SMARTS) is 1. The number of urea groups is 1. The van der Waals surface area contributed by atoms with Crippen LogP contribution >= 0.6 is 0 Å². The number of carbonyl (C=O) groups is 2. The zero-order valence-corrected chi connectivity index (χ0v) is 12.9. The van der Waals surface area contributed by atoms with E-state index in [1.165, 1.54) is 0 Å². The highest BCUT2D eigenvalue weighted by molar-refractivity contribution is 5.87. The SMILES string of the molecule is CCCCC(C)NC(=O)N1CCCC1(CCC)C(=O)O. The van der Waals surface area contributed by atoms with Crippen LogP contribution in [0.2, 0.25) is 0 Å². The van der Waals surface area contributed by atoms with E-state index >= 15 is 0 Å². The lowest BCUT2D eigenvalue weighted by Crippen LogP contribution is -2.57. The van der Waals surface area contributed by atoms with Crippen LogP contribution in [0.25, 0.3) is 0 Å². The fourth-order valence-electron chi connectivity index (χ4n) is 3.05. The first-order valence-corrected chi connectivity index (χ1v) is 7.79. The van der Waals surface area contributed by atoms with E-state index < -0.39 is 11.5 Å². The molecule has 116 valence electrons. The van der Waals surface area contributed by atoms with Crippen molar-refractivity contribution in [3.05, 3.63) is 0 Å². The maximum Gasteiger partial charge on any atom is 0.329 e. The van der Waals surface area contributed by atoms with Crippen molar-refractivity contribution in [3.8, 4) is 0 Å². The molecule has 0 aromatic heterocycles. The second-order valence-electron chi connectivity index (χ2n) is 5.83. The maximum atomic E-state index is 12.4. The molecule has 2 atom stereocenters. The van der Waals surface area contributed by atoms with Crippen LogP contribution in [0, 0.1) is 0 Å². The number of unbranched alkanes of at least 4 members (excludes halogenated alkanes) is 1. The smallest absolute Gasteiger partial charge is 0.329 e. The highest BCUT2D eigenvalue weighted by Crippen LogP contribution is 2.34. The van der Waals surface area contributed by atoms with Gasteiger partial charge in [-0.25, -0.2) is 9.59 Å². The van der Waals surface area contributed by atoms with E-state index in [1.54, 1.807) is 4.90 Å². The van der Waals surface area contributed by atoms with Crippen LogP contribution < -0.4 is 5.32 Å². The fraction of sp³-hybridized carbons (Fsp3) is 0.867. The first kappa shape index (κ1) is 16.8. The Morgan fingerprint density at radius 3 is 2.60 bits per heavy atom. The lowest BCUT2D eigenvalue weighted by molar-refractivity contribution is -0.148. The predicted molar refractivity (Wildman–Crippen MR) is 78.7 cm³/mol. The van der Waals surface area contributed by atoms with E-state index in [1.807, 2.05) is 13.8 Å². The Hall–Kier alpha value is -1.26. The van der Waals surface area contributed by atoms with Crippen LogP contribution in [0.4, 0.5) is 4.79 Å². The topological polar surface area (TPSA) is 69.6 Å². The normalized spacial score (nSPS) is 23.6. The van der Waals surface area contributed by atoms with Gasteiger partial charge in [-0.05, 0) is 32.6 Å². The van der Waals surface area contributed by atoms with Crippen molar-refractivity contribution in [1.82, 2.24) is 10.2 Å². The van der Waals surface area contributed by atoms with E-state index in [9.17, 15) is 14.7 Å². The summed E-state index contributed by atoms with van der Waals surface area (Å²) in [4.78, 5) is 25.6. The van der Waals surface area contributed by atoms with Gasteiger partial charge in [0.15, 0.2) is 0 Å². The number of rotatable bonds is 7. The zero-order valence-electron chi connectivity index (χ0n) is 12.9. The number of amides is 2. The maximum absolute atomic E-state index is 12.4. The summed E-state index contributed by atoms with van der Waals surface area (Å²) in [6.07, 6.45) is 5.72. The third-order valence-corrected chi connectivity index (χ3v) is 4.16. The van der Waals surface area contributed by atoms with Gasteiger partial charge in [0, 0.05) is 12.6 Å². The molecule has 0 spiro atoms. The largest absolute Gasteiger partial charge is 0.479 e. The third-order valence-electron chi connectivity index (χ3n) is 4.16. The average molecular weight is 284 g/mol. The minimum atomic E-state index is -0.997. The minimum Gasteiger partial charge on any atom is -0.479 e. The van der Waals surface area contributed by atoms with Crippen molar-refractivity contribution < 1.29 is 14.7 Å². The van der Waals surface area contributed by atoms with Gasteiger partial charge in [-0.3, -0.25) is 0 Å². The van der Waals surface area contributed by atoms with Crippen molar-refractivity contribution in [3.63, 3.8) is 0 Å². The van der Waals surface area contributed by atoms with Crippen LogP contribution in [-0.4, -0.2) is 40.1 Å². The molecule has 1 rings (SSSR count). The van der Waals surface area contributed by atoms with Crippen molar-refractivity contribution in [2.75, 3.05) is 6.54 Å². The number of carbonyl (C=O) groups excluding carboxylic acids is 1. The number of nitrogens with zero attached hydrogens (tertiary/aromatic N) is 1. The Kier molecular flexibility index (Phi) is 6.30. The summed E-state index contributed by atoms with van der Waals surface area (Å²) in [7, 11) is 0. The van der Waals surface area contributed by atoms with Gasteiger partial charge in [0.05, 0.1) is 0 Å². The quantitative estimate of drug-likeness (QED) is 0.755. The second-order valence-corrected chi connectivity index (χ2v) is 5.83. The highest BCUT2D eigenvalue weighted by atomic mass is 16.4. The molecule has 1 saturated heterocycles. The molecule has 20 heavy (non-hydrogen) atoms. The van der Waals surface area contributed by atoms with E-state index in [-0.39, 0.29) is 12.1 Å². The molecule has 1 heterocycles. The molecule has 0 bridgehead atoms. The van der Waals surface area contributed by atoms with E-state index in [4.69, 9.17) is 0 Å². The van der Waals surface area contributed by atoms with Crippen LogP contribution in [0.1, 0.15) is 65.7 Å². The van der Waals surface area contributed by atoms with Crippen molar-refractivity contribution in [2.24, 2.45) is 0 Å². The van der Waals surface area contributed by atoms with Gasteiger partial charge in [0.2, 0.25) is 0 Å². The molecular formula is C15H28N2O3. The first-order chi connectivity index (χ1) is 9.47. The van der Waals surface area contributed by atoms with Gasteiger partial charge < -0.3 is 15.3 Å². The van der Waals surface area contributed by atoms with Crippen molar-refractivity contribution in [2.45, 2.75) is 77.3 Å². The second kappa shape index (κ2) is 7.50. The van der Waals surface area contributed by atoms with Crippen LogP contribution in [0.15, 0.2) is 0 Å². The minimum absolute atomic E-state index is 0.0937. The van der Waals surface area contributed by atoms with Gasteiger partial charge in [0.25, 0.3) is 0 Å². The van der Waals surface area contributed by atoms with Gasteiger partial charge >= 0.3 is 12.0 Å². The van der Waals surface area contributed by atoms with Crippen LogP contribution in [-0.2, 0) is 4.79 Å². The van der Waals surface area contributed by atoms with Crippen LogP contribution in [0.3, 0.4) is 0 Å². The summed E-state index contributed by atoms with van der Waals surface area (Å²) in [6.45, 7) is 6.60. The summed E-state index contributed by atoms with van der Waals surface area (Å²) >= 11 is 0. The molecular weight excluding hydrogens is 256 g/mol. The number of carboxylic acids is 1. The third kappa shape index (κ3) is 3.64. The summed E-state index contributed by atoms with van der Waals surface area (Å²) in [5, 5.41) is 12.5. The van der Waals surface area contributed by atoms with Crippen LogP contribution in [0.5, 0.6) is 0 Å². The molecule has 0 radical (unpaired) electrons. The summed E-state index contributed by atoms with van der Waals surface area (Å²) in [5.41, 5.74) is -0.997. The summed E-state index contributed by atoms with van der Waals surface area (Å²) in [6, 6.07) is -0.127. The summed E-state index contributed by atoms with van der Waals surface area (Å²) < 4.78 is 0. The lowest BCUT2D eigenvalue weighted by atomic mass is 9.91. The van der Waals surface area contributed by atoms with E-state index in [0.29, 0.717) is 19.4 Å². The highest BCUT2D eigenvalue weighted by Gasteiger charge is 2.49. The van der Waals surface area contributed by atoms with Gasteiger partial charge in [0.1, 0.15) is 5.54 Å². The molecule has 0 aromatic carbocycles. The molecule has 1 aliphatic heterocycles. The Bertz CT molecular complexity index is 346. The molecule has 0 saturated carbocycles. The Morgan fingerprint density at radius 2 is 2.05 bits per heavy atom. The fourth-order valence-corrected chi connectivity index (χ4v) is 3.05. The predicted octanol–water partition coefficient (Wildman–Crippen LogP) is 2.99. The van der Waals surface area contributed by atoms with Crippen molar-refractivity contribution >= 4 is 12.0 Å². The Balaban J connectivity index is 2.72. The molecule has 1 aliphatic rings. The van der Waals surface area contributed by atoms with Crippen molar-refractivity contribution in [1.29, 1.82) is 0 Å². The number of hydrogen-bond acceptors (Lipinski definition) is 2. The molecule has 0 aliphatic carbocycles. The van der Waals surface area contributed by atoms with Gasteiger partial charge in [-0.2, -0.15) is 0 Å². The van der Waals surface area contributed by atoms with E-state index in [2.05, 4.69) is 12.2 Å². The Morgan fingerprint density at radius 1 is 1.35 bits per heavy atom. The molecule has 5 nitrogen and oxygen atoms in total. The molecule has 5 heteroatoms. The molecule has 2 amide bonds.